The first-order valence-corrected chi connectivity index (χ1v) is 10.2. The van der Waals surface area contributed by atoms with E-state index in [1.54, 1.807) is 13.3 Å². The summed E-state index contributed by atoms with van der Waals surface area (Å²) in [7, 11) is 1.62. The van der Waals surface area contributed by atoms with Crippen molar-refractivity contribution in [2.45, 2.75) is 6.92 Å². The number of hydrogen-bond donors (Lipinski definition) is 2. The van der Waals surface area contributed by atoms with Gasteiger partial charge in [-0.3, -0.25) is 5.43 Å². The van der Waals surface area contributed by atoms with Crippen LogP contribution in [-0.4, -0.2) is 31.7 Å². The summed E-state index contributed by atoms with van der Waals surface area (Å²) < 4.78 is 16.9. The maximum atomic E-state index is 5.87. The van der Waals surface area contributed by atoms with Crippen molar-refractivity contribution >= 4 is 29.2 Å². The van der Waals surface area contributed by atoms with E-state index in [9.17, 15) is 0 Å². The molecule has 0 heterocycles. The Kier molecular flexibility index (Phi) is 8.25. The Morgan fingerprint density at radius 3 is 2.23 bits per heavy atom. The van der Waals surface area contributed by atoms with E-state index in [0.717, 1.165) is 16.8 Å². The van der Waals surface area contributed by atoms with Crippen LogP contribution in [0.2, 0.25) is 0 Å². The van der Waals surface area contributed by atoms with Gasteiger partial charge in [-0.25, -0.2) is 0 Å². The molecule has 3 rings (SSSR count). The number of rotatable bonds is 9. The number of nitrogens with zero attached hydrogens (tertiary/aromatic N) is 1. The summed E-state index contributed by atoms with van der Waals surface area (Å²) in [5.74, 6) is 2.08. The number of anilines is 1. The van der Waals surface area contributed by atoms with Crippen LogP contribution in [0.4, 0.5) is 5.69 Å². The van der Waals surface area contributed by atoms with E-state index in [4.69, 9.17) is 26.4 Å². The van der Waals surface area contributed by atoms with Crippen LogP contribution in [0.3, 0.4) is 0 Å². The minimum atomic E-state index is 0.379. The van der Waals surface area contributed by atoms with Crippen molar-refractivity contribution < 1.29 is 14.2 Å². The third-order valence-electron chi connectivity index (χ3n) is 4.35. The third-order valence-corrected chi connectivity index (χ3v) is 4.54. The van der Waals surface area contributed by atoms with E-state index >= 15 is 0 Å². The van der Waals surface area contributed by atoms with Gasteiger partial charge in [0.25, 0.3) is 0 Å². The maximum Gasteiger partial charge on any atom is 0.191 e. The zero-order valence-corrected chi connectivity index (χ0v) is 18.3. The van der Waals surface area contributed by atoms with Crippen molar-refractivity contribution in [1.82, 2.24) is 5.43 Å². The first-order chi connectivity index (χ1) is 15.2. The zero-order valence-electron chi connectivity index (χ0n) is 17.5. The van der Waals surface area contributed by atoms with Crippen LogP contribution in [0.1, 0.15) is 11.1 Å². The molecule has 0 aliphatic carbocycles. The highest BCUT2D eigenvalue weighted by atomic mass is 32.1. The lowest BCUT2D eigenvalue weighted by molar-refractivity contribution is 0.211. The summed E-state index contributed by atoms with van der Waals surface area (Å²) in [6.07, 6.45) is 1.67. The number of ether oxygens (including phenoxy) is 3. The molecular weight excluding hydrogens is 410 g/mol. The molecule has 3 aromatic carbocycles. The van der Waals surface area contributed by atoms with Crippen LogP contribution in [-0.2, 0) is 0 Å². The van der Waals surface area contributed by atoms with Gasteiger partial charge >= 0.3 is 0 Å². The lowest BCUT2D eigenvalue weighted by Crippen LogP contribution is -2.24. The molecule has 0 saturated heterocycles. The molecule has 0 bridgehead atoms. The van der Waals surface area contributed by atoms with E-state index in [2.05, 4.69) is 15.8 Å². The molecule has 0 spiro atoms. The summed E-state index contributed by atoms with van der Waals surface area (Å²) in [5.41, 5.74) is 5.70. The van der Waals surface area contributed by atoms with Crippen molar-refractivity contribution in [1.29, 1.82) is 0 Å². The summed E-state index contributed by atoms with van der Waals surface area (Å²) in [6, 6.07) is 23.0. The van der Waals surface area contributed by atoms with Gasteiger partial charge in [-0.2, -0.15) is 5.10 Å². The average molecular weight is 436 g/mol. The first kappa shape index (κ1) is 22.1. The SMILES string of the molecule is COc1ccccc1OCCOc1ccccc1/C=N\NC(=S)Nc1ccccc1C. The van der Waals surface area contributed by atoms with E-state index < -0.39 is 0 Å². The van der Waals surface area contributed by atoms with Crippen LogP contribution in [0.15, 0.2) is 77.9 Å². The predicted molar refractivity (Wildman–Crippen MR) is 129 cm³/mol. The highest BCUT2D eigenvalue weighted by molar-refractivity contribution is 7.80. The van der Waals surface area contributed by atoms with Crippen LogP contribution in [0.25, 0.3) is 0 Å². The second-order valence-electron chi connectivity index (χ2n) is 6.52. The van der Waals surface area contributed by atoms with Gasteiger partial charge in [0.1, 0.15) is 19.0 Å². The zero-order chi connectivity index (χ0) is 21.9. The number of methoxy groups -OCH3 is 1. The average Bonchev–Trinajstić information content (AvgIpc) is 2.79. The Bertz CT molecular complexity index is 1040. The largest absolute Gasteiger partial charge is 0.493 e. The number of hydrazone groups is 1. The Morgan fingerprint density at radius 1 is 0.871 bits per heavy atom. The fourth-order valence-corrected chi connectivity index (χ4v) is 2.95. The molecule has 0 amide bonds. The second kappa shape index (κ2) is 11.6. The van der Waals surface area contributed by atoms with Crippen molar-refractivity contribution in [3.8, 4) is 17.2 Å². The monoisotopic (exact) mass is 435 g/mol. The molecule has 31 heavy (non-hydrogen) atoms. The van der Waals surface area contributed by atoms with Crippen LogP contribution < -0.4 is 25.0 Å². The van der Waals surface area contributed by atoms with Gasteiger partial charge < -0.3 is 19.5 Å². The first-order valence-electron chi connectivity index (χ1n) is 9.80. The lowest BCUT2D eigenvalue weighted by Gasteiger charge is -2.12. The van der Waals surface area contributed by atoms with E-state index in [1.807, 2.05) is 79.7 Å². The summed E-state index contributed by atoms with van der Waals surface area (Å²) >= 11 is 5.30. The molecule has 0 radical (unpaired) electrons. The molecule has 0 atom stereocenters. The van der Waals surface area contributed by atoms with E-state index in [-0.39, 0.29) is 0 Å². The topological polar surface area (TPSA) is 64.1 Å². The highest BCUT2D eigenvalue weighted by Crippen LogP contribution is 2.25. The summed E-state index contributed by atoms with van der Waals surface area (Å²) in [5, 5.41) is 7.76. The van der Waals surface area contributed by atoms with Gasteiger partial charge in [0.2, 0.25) is 0 Å². The smallest absolute Gasteiger partial charge is 0.191 e. The van der Waals surface area contributed by atoms with Gasteiger partial charge in [-0.15, -0.1) is 0 Å². The Hall–Kier alpha value is -3.58. The van der Waals surface area contributed by atoms with Crippen LogP contribution >= 0.6 is 12.2 Å². The Morgan fingerprint density at radius 2 is 1.48 bits per heavy atom. The van der Waals surface area contributed by atoms with E-state index in [0.29, 0.717) is 35.6 Å². The van der Waals surface area contributed by atoms with Crippen LogP contribution in [0.5, 0.6) is 17.2 Å². The standard InChI is InChI=1S/C24H25N3O3S/c1-18-9-3-5-11-20(18)26-24(31)27-25-17-19-10-4-6-12-21(19)29-15-16-30-23-14-8-7-13-22(23)28-2/h3-14,17H,15-16H2,1-2H3,(H2,26,27,31)/b25-17-. The van der Waals surface area contributed by atoms with Gasteiger partial charge in [0.05, 0.1) is 13.3 Å². The van der Waals surface area contributed by atoms with Crippen molar-refractivity contribution in [3.05, 3.63) is 83.9 Å². The fourth-order valence-electron chi connectivity index (χ4n) is 2.78. The van der Waals surface area contributed by atoms with E-state index in [1.165, 1.54) is 0 Å². The number of benzene rings is 3. The van der Waals surface area contributed by atoms with Crippen molar-refractivity contribution in [2.24, 2.45) is 5.10 Å². The fraction of sp³-hybridized carbons (Fsp3) is 0.167. The van der Waals surface area contributed by atoms with Crippen molar-refractivity contribution in [3.63, 3.8) is 0 Å². The van der Waals surface area contributed by atoms with Gasteiger partial charge in [-0.05, 0) is 55.0 Å². The molecule has 0 aliphatic rings. The minimum absolute atomic E-state index is 0.379. The molecule has 0 aliphatic heterocycles. The van der Waals surface area contributed by atoms with Gasteiger partial charge in [0.15, 0.2) is 16.6 Å². The number of nitrogens with one attached hydrogen (secondary N) is 2. The molecule has 0 aromatic heterocycles. The number of aryl methyl sites for hydroxylation is 1. The summed E-state index contributed by atoms with van der Waals surface area (Å²) in [4.78, 5) is 0. The third kappa shape index (κ3) is 6.72. The lowest BCUT2D eigenvalue weighted by atomic mass is 10.2. The Labute approximate surface area is 187 Å². The van der Waals surface area contributed by atoms with Gasteiger partial charge in [-0.1, -0.05) is 42.5 Å². The molecule has 3 aromatic rings. The minimum Gasteiger partial charge on any atom is -0.493 e. The molecule has 0 saturated carbocycles. The molecule has 7 heteroatoms. The maximum absolute atomic E-state index is 5.87. The molecule has 2 N–H and O–H groups in total. The molecule has 6 nitrogen and oxygen atoms in total. The van der Waals surface area contributed by atoms with Crippen molar-refractivity contribution in [2.75, 3.05) is 25.6 Å². The molecule has 160 valence electrons. The normalized spacial score (nSPS) is 10.5. The number of para-hydroxylation sites is 4. The number of thiocarbonyl (C=S) groups is 1. The van der Waals surface area contributed by atoms with Crippen LogP contribution in [0, 0.1) is 6.92 Å². The molecular formula is C24H25N3O3S. The number of hydrogen-bond acceptors (Lipinski definition) is 5. The molecule has 0 unspecified atom stereocenters. The highest BCUT2D eigenvalue weighted by Gasteiger charge is 2.04. The quantitative estimate of drug-likeness (QED) is 0.218. The summed E-state index contributed by atoms with van der Waals surface area (Å²) in [6.45, 7) is 2.78. The van der Waals surface area contributed by atoms with Gasteiger partial charge in [0, 0.05) is 11.3 Å². The predicted octanol–water partition coefficient (Wildman–Crippen LogP) is 4.78. The second-order valence-corrected chi connectivity index (χ2v) is 6.93. The molecule has 0 fully saturated rings. The Balaban J connectivity index is 1.50.